The normalized spacial score (nSPS) is 18.0. The predicted octanol–water partition coefficient (Wildman–Crippen LogP) is 1.27. The van der Waals surface area contributed by atoms with E-state index in [1.807, 2.05) is 0 Å². The zero-order valence-electron chi connectivity index (χ0n) is 15.7. The largest absolute Gasteiger partial charge is 0.357 e. The smallest absolute Gasteiger partial charge is 0.191 e. The highest BCUT2D eigenvalue weighted by Crippen LogP contribution is 2.34. The molecule has 0 aliphatic heterocycles. The number of rotatable bonds is 11. The van der Waals surface area contributed by atoms with Gasteiger partial charge in [-0.25, -0.2) is 0 Å². The number of hydrogen-bond donors (Lipinski definition) is 2. The van der Waals surface area contributed by atoms with Gasteiger partial charge < -0.3 is 15.2 Å². The maximum atomic E-state index is 4.76. The van der Waals surface area contributed by atoms with Crippen LogP contribution in [0.15, 0.2) is 11.3 Å². The molecule has 2 saturated carbocycles. The van der Waals surface area contributed by atoms with Crippen LogP contribution in [-0.4, -0.2) is 64.4 Å². The van der Waals surface area contributed by atoms with Crippen molar-refractivity contribution in [3.63, 3.8) is 0 Å². The quantitative estimate of drug-likeness (QED) is 0.466. The molecule has 0 amide bonds. The second kappa shape index (κ2) is 9.17. The first kappa shape index (κ1) is 18.2. The van der Waals surface area contributed by atoms with Crippen LogP contribution in [0, 0.1) is 5.92 Å². The second-order valence-electron chi connectivity index (χ2n) is 7.15. The van der Waals surface area contributed by atoms with E-state index in [9.17, 15) is 0 Å². The van der Waals surface area contributed by atoms with E-state index in [2.05, 4.69) is 44.1 Å². The molecule has 7 heteroatoms. The van der Waals surface area contributed by atoms with Crippen LogP contribution in [0.5, 0.6) is 0 Å². The van der Waals surface area contributed by atoms with E-state index in [0.717, 1.165) is 62.9 Å². The third-order valence-corrected chi connectivity index (χ3v) is 4.91. The van der Waals surface area contributed by atoms with E-state index in [1.54, 1.807) is 6.33 Å². The highest BCUT2D eigenvalue weighted by Gasteiger charge is 2.33. The number of hydrogen-bond acceptors (Lipinski definition) is 4. The Balaban J connectivity index is 1.41. The van der Waals surface area contributed by atoms with E-state index in [1.165, 1.54) is 32.2 Å². The van der Waals surface area contributed by atoms with Gasteiger partial charge in [0.1, 0.15) is 12.2 Å². The molecule has 0 radical (unpaired) electrons. The van der Waals surface area contributed by atoms with Gasteiger partial charge in [-0.3, -0.25) is 9.89 Å². The van der Waals surface area contributed by atoms with Crippen molar-refractivity contribution in [1.29, 1.82) is 0 Å². The summed E-state index contributed by atoms with van der Waals surface area (Å²) < 4.78 is 2.10. The molecule has 1 aromatic rings. The first-order valence-corrected chi connectivity index (χ1v) is 9.93. The molecular weight excluding hydrogens is 314 g/mol. The molecule has 3 rings (SSSR count). The van der Waals surface area contributed by atoms with Crippen LogP contribution >= 0.6 is 0 Å². The van der Waals surface area contributed by atoms with Gasteiger partial charge in [-0.2, -0.15) is 0 Å². The van der Waals surface area contributed by atoms with E-state index in [0.29, 0.717) is 0 Å². The lowest BCUT2D eigenvalue weighted by molar-refractivity contribution is 0.260. The minimum absolute atomic E-state index is 0.825. The van der Waals surface area contributed by atoms with E-state index >= 15 is 0 Å². The second-order valence-corrected chi connectivity index (χ2v) is 7.15. The third-order valence-electron chi connectivity index (χ3n) is 4.91. The summed E-state index contributed by atoms with van der Waals surface area (Å²) >= 11 is 0. The van der Waals surface area contributed by atoms with Gasteiger partial charge >= 0.3 is 0 Å². The van der Waals surface area contributed by atoms with Crippen molar-refractivity contribution in [2.45, 2.75) is 58.5 Å². The Hall–Kier alpha value is -1.63. The van der Waals surface area contributed by atoms with Gasteiger partial charge in [-0.1, -0.05) is 6.92 Å². The van der Waals surface area contributed by atoms with Crippen molar-refractivity contribution >= 4 is 5.96 Å². The Morgan fingerprint density at radius 3 is 2.80 bits per heavy atom. The summed E-state index contributed by atoms with van der Waals surface area (Å²) in [7, 11) is 0. The summed E-state index contributed by atoms with van der Waals surface area (Å²) in [4.78, 5) is 7.43. The lowest BCUT2D eigenvalue weighted by atomic mass is 10.3. The van der Waals surface area contributed by atoms with Gasteiger partial charge in [-0.15, -0.1) is 10.2 Å². The molecule has 1 aromatic heterocycles. The summed E-state index contributed by atoms with van der Waals surface area (Å²) in [5.74, 6) is 2.91. The predicted molar refractivity (Wildman–Crippen MR) is 101 cm³/mol. The molecule has 7 nitrogen and oxygen atoms in total. The lowest BCUT2D eigenvalue weighted by Crippen LogP contribution is -2.39. The van der Waals surface area contributed by atoms with Gasteiger partial charge in [0.05, 0.1) is 6.54 Å². The molecule has 1 heterocycles. The molecule has 25 heavy (non-hydrogen) atoms. The summed E-state index contributed by atoms with van der Waals surface area (Å²) in [6, 6.07) is 0.840. The van der Waals surface area contributed by atoms with Gasteiger partial charge in [0.15, 0.2) is 5.96 Å². The first-order chi connectivity index (χ1) is 12.3. The Labute approximate surface area is 151 Å². The van der Waals surface area contributed by atoms with Crippen molar-refractivity contribution in [2.24, 2.45) is 10.9 Å². The molecule has 2 aliphatic carbocycles. The minimum Gasteiger partial charge on any atom is -0.357 e. The molecule has 0 unspecified atom stereocenters. The summed E-state index contributed by atoms with van der Waals surface area (Å²) in [6.07, 6.45) is 8.34. The highest BCUT2D eigenvalue weighted by atomic mass is 15.3. The van der Waals surface area contributed by atoms with Gasteiger partial charge in [0.25, 0.3) is 0 Å². The van der Waals surface area contributed by atoms with Gasteiger partial charge in [0.2, 0.25) is 0 Å². The molecule has 0 atom stereocenters. The topological polar surface area (TPSA) is 70.4 Å². The molecule has 2 aliphatic rings. The number of aliphatic imine (C=N–C) groups is 1. The Kier molecular flexibility index (Phi) is 6.67. The first-order valence-electron chi connectivity index (χ1n) is 9.93. The summed E-state index contributed by atoms with van der Waals surface area (Å²) in [5.41, 5.74) is 0. The fourth-order valence-electron chi connectivity index (χ4n) is 3.16. The van der Waals surface area contributed by atoms with Crippen molar-refractivity contribution < 1.29 is 0 Å². The number of nitrogens with one attached hydrogen (secondary N) is 2. The average Bonchev–Trinajstić information content (AvgIpc) is 3.53. The van der Waals surface area contributed by atoms with Crippen LogP contribution in [-0.2, 0) is 13.0 Å². The van der Waals surface area contributed by atoms with Crippen molar-refractivity contribution in [1.82, 2.24) is 30.3 Å². The van der Waals surface area contributed by atoms with Crippen LogP contribution < -0.4 is 10.6 Å². The molecular formula is C18H33N7. The highest BCUT2D eigenvalue weighted by molar-refractivity contribution is 5.79. The number of aryl methyl sites for hydroxylation is 1. The standard InChI is InChI=1S/C18H33N7/c1-3-17-23-22-14-25(17)12-10-21-18(19-4-2)20-9-11-24(16-7-8-16)13-15-5-6-15/h14-16H,3-13H2,1-2H3,(H2,19,20,21). The fraction of sp³-hybridized carbons (Fsp3) is 0.833. The molecule has 2 N–H and O–H groups in total. The summed E-state index contributed by atoms with van der Waals surface area (Å²) in [6.45, 7) is 10.0. The molecule has 140 valence electrons. The van der Waals surface area contributed by atoms with E-state index in [-0.39, 0.29) is 0 Å². The SMILES string of the molecule is CCNC(=NCCN(CC1CC1)C1CC1)NCCn1cnnc1CC. The zero-order valence-corrected chi connectivity index (χ0v) is 15.7. The van der Waals surface area contributed by atoms with Crippen molar-refractivity contribution in [2.75, 3.05) is 32.7 Å². The third kappa shape index (κ3) is 5.99. The molecule has 0 spiro atoms. The molecule has 0 saturated heterocycles. The number of nitrogens with zero attached hydrogens (tertiary/aromatic N) is 5. The fourth-order valence-corrected chi connectivity index (χ4v) is 3.16. The Morgan fingerprint density at radius 2 is 2.12 bits per heavy atom. The maximum absolute atomic E-state index is 4.76. The van der Waals surface area contributed by atoms with Crippen LogP contribution in [0.2, 0.25) is 0 Å². The molecule has 0 aromatic carbocycles. The van der Waals surface area contributed by atoms with Crippen molar-refractivity contribution in [3.8, 4) is 0 Å². The monoisotopic (exact) mass is 347 g/mol. The van der Waals surface area contributed by atoms with E-state index < -0.39 is 0 Å². The van der Waals surface area contributed by atoms with Crippen LogP contribution in [0.25, 0.3) is 0 Å². The van der Waals surface area contributed by atoms with Crippen molar-refractivity contribution in [3.05, 3.63) is 12.2 Å². The van der Waals surface area contributed by atoms with Crippen LogP contribution in [0.1, 0.15) is 45.4 Å². The van der Waals surface area contributed by atoms with Crippen LogP contribution in [0.4, 0.5) is 0 Å². The zero-order chi connectivity index (χ0) is 17.5. The Bertz CT molecular complexity index is 545. The van der Waals surface area contributed by atoms with Gasteiger partial charge in [0, 0.05) is 45.2 Å². The number of aromatic nitrogens is 3. The summed E-state index contributed by atoms with van der Waals surface area (Å²) in [5, 5.41) is 14.9. The van der Waals surface area contributed by atoms with E-state index in [4.69, 9.17) is 4.99 Å². The minimum atomic E-state index is 0.825. The lowest BCUT2D eigenvalue weighted by Gasteiger charge is -2.21. The van der Waals surface area contributed by atoms with Gasteiger partial charge in [-0.05, 0) is 38.5 Å². The average molecular weight is 348 g/mol. The molecule has 0 bridgehead atoms. The number of guanidine groups is 1. The molecule has 2 fully saturated rings. The maximum Gasteiger partial charge on any atom is 0.191 e. The Morgan fingerprint density at radius 1 is 1.28 bits per heavy atom. The van der Waals surface area contributed by atoms with Crippen LogP contribution in [0.3, 0.4) is 0 Å².